The summed E-state index contributed by atoms with van der Waals surface area (Å²) >= 11 is 6.27. The lowest BCUT2D eigenvalue weighted by Crippen LogP contribution is -2.51. The van der Waals surface area contributed by atoms with Crippen molar-refractivity contribution >= 4 is 17.5 Å². The van der Waals surface area contributed by atoms with Gasteiger partial charge in [0.05, 0.1) is 37.2 Å². The van der Waals surface area contributed by atoms with E-state index in [1.807, 2.05) is 19.9 Å². The molecule has 3 rings (SSSR count). The van der Waals surface area contributed by atoms with Crippen LogP contribution in [0.3, 0.4) is 0 Å². The van der Waals surface area contributed by atoms with Crippen molar-refractivity contribution in [3.05, 3.63) is 59.7 Å². The average molecular weight is 376 g/mol. The van der Waals surface area contributed by atoms with Crippen molar-refractivity contribution in [2.75, 3.05) is 13.2 Å². The predicted molar refractivity (Wildman–Crippen MR) is 97.1 cm³/mol. The molecule has 0 N–H and O–H groups in total. The van der Waals surface area contributed by atoms with Gasteiger partial charge in [-0.1, -0.05) is 18.2 Å². The van der Waals surface area contributed by atoms with Crippen LogP contribution in [-0.2, 0) is 9.53 Å². The number of nitrogens with zero attached hydrogens (tertiary/aromatic N) is 3. The monoisotopic (exact) mass is 375 g/mol. The van der Waals surface area contributed by atoms with Gasteiger partial charge < -0.3 is 9.64 Å². The van der Waals surface area contributed by atoms with E-state index in [1.165, 1.54) is 6.08 Å². The van der Waals surface area contributed by atoms with Crippen LogP contribution in [0, 0.1) is 5.82 Å². The molecule has 0 saturated carbocycles. The van der Waals surface area contributed by atoms with E-state index in [1.54, 1.807) is 17.0 Å². The lowest BCUT2D eigenvalue weighted by molar-refractivity contribution is -0.151. The summed E-state index contributed by atoms with van der Waals surface area (Å²) in [5, 5.41) is 0.473. The SMILES string of the molecule is C=CC(=O)N1CC(C)(C)OC[C@H]1c1cc(Cl)cc(-c2ncc(F)cn2)c1. The second-order valence-electron chi connectivity index (χ2n) is 6.75. The second kappa shape index (κ2) is 7.13. The van der Waals surface area contributed by atoms with E-state index in [0.717, 1.165) is 18.0 Å². The zero-order chi connectivity index (χ0) is 18.9. The molecule has 2 heterocycles. The molecule has 0 spiro atoms. The zero-order valence-electron chi connectivity index (χ0n) is 14.6. The number of amides is 1. The van der Waals surface area contributed by atoms with Crippen molar-refractivity contribution in [3.63, 3.8) is 0 Å². The molecule has 2 aromatic rings. The molecule has 1 aromatic heterocycles. The first-order valence-electron chi connectivity index (χ1n) is 8.14. The van der Waals surface area contributed by atoms with Gasteiger partial charge in [0.2, 0.25) is 5.91 Å². The quantitative estimate of drug-likeness (QED) is 0.766. The summed E-state index contributed by atoms with van der Waals surface area (Å²) in [5.41, 5.74) is 0.992. The number of hydrogen-bond acceptors (Lipinski definition) is 4. The highest BCUT2D eigenvalue weighted by Gasteiger charge is 2.36. The molecule has 1 atom stereocenters. The Morgan fingerprint density at radius 3 is 2.73 bits per heavy atom. The van der Waals surface area contributed by atoms with E-state index in [-0.39, 0.29) is 11.9 Å². The molecule has 1 saturated heterocycles. The first-order valence-corrected chi connectivity index (χ1v) is 8.52. The van der Waals surface area contributed by atoms with E-state index in [0.29, 0.717) is 29.6 Å². The lowest BCUT2D eigenvalue weighted by atomic mass is 9.97. The van der Waals surface area contributed by atoms with Crippen molar-refractivity contribution in [1.29, 1.82) is 0 Å². The maximum atomic E-state index is 13.1. The van der Waals surface area contributed by atoms with Crippen LogP contribution in [0.1, 0.15) is 25.5 Å². The average Bonchev–Trinajstić information content (AvgIpc) is 2.60. The van der Waals surface area contributed by atoms with Crippen molar-refractivity contribution in [3.8, 4) is 11.4 Å². The summed E-state index contributed by atoms with van der Waals surface area (Å²) in [6.45, 7) is 8.21. The second-order valence-corrected chi connectivity index (χ2v) is 7.19. The van der Waals surface area contributed by atoms with E-state index >= 15 is 0 Å². The largest absolute Gasteiger partial charge is 0.371 e. The van der Waals surface area contributed by atoms with Crippen molar-refractivity contribution < 1.29 is 13.9 Å². The van der Waals surface area contributed by atoms with Gasteiger partial charge in [-0.15, -0.1) is 0 Å². The fraction of sp³-hybridized carbons (Fsp3) is 0.316. The smallest absolute Gasteiger partial charge is 0.246 e. The molecule has 1 aliphatic rings. The highest BCUT2D eigenvalue weighted by atomic mass is 35.5. The number of carbonyl (C=O) groups is 1. The van der Waals surface area contributed by atoms with Crippen molar-refractivity contribution in [2.24, 2.45) is 0 Å². The van der Waals surface area contributed by atoms with Gasteiger partial charge in [0, 0.05) is 10.6 Å². The van der Waals surface area contributed by atoms with Crippen LogP contribution in [-0.4, -0.2) is 39.5 Å². The molecule has 0 unspecified atom stereocenters. The molecule has 0 radical (unpaired) electrons. The third kappa shape index (κ3) is 3.92. The first-order chi connectivity index (χ1) is 12.3. The minimum absolute atomic E-state index is 0.175. The fourth-order valence-electron chi connectivity index (χ4n) is 2.98. The number of aromatic nitrogens is 2. The predicted octanol–water partition coefficient (Wildman–Crippen LogP) is 3.80. The molecule has 26 heavy (non-hydrogen) atoms. The van der Waals surface area contributed by atoms with Gasteiger partial charge in [-0.25, -0.2) is 14.4 Å². The molecule has 5 nitrogen and oxygen atoms in total. The van der Waals surface area contributed by atoms with Crippen LogP contribution in [0.15, 0.2) is 43.2 Å². The molecule has 0 aliphatic carbocycles. The highest BCUT2D eigenvalue weighted by molar-refractivity contribution is 6.31. The van der Waals surface area contributed by atoms with Gasteiger partial charge in [0.15, 0.2) is 11.6 Å². The summed E-state index contributed by atoms with van der Waals surface area (Å²) in [7, 11) is 0. The highest BCUT2D eigenvalue weighted by Crippen LogP contribution is 2.34. The molecule has 7 heteroatoms. The maximum absolute atomic E-state index is 13.1. The Bertz CT molecular complexity index is 839. The van der Waals surface area contributed by atoms with E-state index in [4.69, 9.17) is 16.3 Å². The van der Waals surface area contributed by atoms with E-state index in [9.17, 15) is 9.18 Å². The van der Waals surface area contributed by atoms with Crippen LogP contribution in [0.4, 0.5) is 4.39 Å². The summed E-state index contributed by atoms with van der Waals surface area (Å²) < 4.78 is 19.0. The Kier molecular flexibility index (Phi) is 5.07. The Morgan fingerprint density at radius 1 is 1.38 bits per heavy atom. The van der Waals surface area contributed by atoms with Gasteiger partial charge in [-0.3, -0.25) is 4.79 Å². The molecular weight excluding hydrogens is 357 g/mol. The van der Waals surface area contributed by atoms with Gasteiger partial charge in [0.1, 0.15) is 0 Å². The fourth-order valence-corrected chi connectivity index (χ4v) is 3.22. The molecule has 1 fully saturated rings. The van der Waals surface area contributed by atoms with Crippen LogP contribution < -0.4 is 0 Å². The molecule has 1 amide bonds. The van der Waals surface area contributed by atoms with Crippen molar-refractivity contribution in [1.82, 2.24) is 14.9 Å². The van der Waals surface area contributed by atoms with E-state index in [2.05, 4.69) is 16.5 Å². The number of hydrogen-bond donors (Lipinski definition) is 0. The molecule has 1 aromatic carbocycles. The van der Waals surface area contributed by atoms with Gasteiger partial charge in [0.25, 0.3) is 0 Å². The molecule has 136 valence electrons. The zero-order valence-corrected chi connectivity index (χ0v) is 15.3. The Hall–Kier alpha value is -2.31. The minimum Gasteiger partial charge on any atom is -0.371 e. The number of morpholine rings is 1. The van der Waals surface area contributed by atoms with Crippen LogP contribution in [0.5, 0.6) is 0 Å². The van der Waals surface area contributed by atoms with Gasteiger partial charge >= 0.3 is 0 Å². The van der Waals surface area contributed by atoms with Gasteiger partial charge in [-0.2, -0.15) is 0 Å². The van der Waals surface area contributed by atoms with Crippen LogP contribution in [0.2, 0.25) is 5.02 Å². The standard InChI is InChI=1S/C19H19ClFN3O2/c1-4-17(25)24-11-19(2,3)26-10-16(24)12-5-13(7-14(20)6-12)18-22-8-15(21)9-23-18/h4-9,16H,1,10-11H2,2-3H3/t16-/m0/s1. The normalized spacial score (nSPS) is 19.2. The number of ether oxygens (including phenoxy) is 1. The lowest BCUT2D eigenvalue weighted by Gasteiger charge is -2.43. The number of carbonyl (C=O) groups excluding carboxylic acids is 1. The maximum Gasteiger partial charge on any atom is 0.246 e. The molecular formula is C19H19ClFN3O2. The Labute approximate surface area is 156 Å². The summed E-state index contributed by atoms with van der Waals surface area (Å²) in [6.07, 6.45) is 3.49. The number of halogens is 2. The minimum atomic E-state index is -0.512. The molecule has 1 aliphatic heterocycles. The third-order valence-electron chi connectivity index (χ3n) is 4.20. The van der Waals surface area contributed by atoms with E-state index < -0.39 is 11.4 Å². The topological polar surface area (TPSA) is 55.3 Å². The number of rotatable bonds is 3. The van der Waals surface area contributed by atoms with Crippen LogP contribution >= 0.6 is 11.6 Å². The van der Waals surface area contributed by atoms with Crippen molar-refractivity contribution in [2.45, 2.75) is 25.5 Å². The third-order valence-corrected chi connectivity index (χ3v) is 4.42. The Balaban J connectivity index is 2.00. The van der Waals surface area contributed by atoms with Gasteiger partial charge in [-0.05, 0) is 43.7 Å². The summed E-state index contributed by atoms with van der Waals surface area (Å²) in [4.78, 5) is 22.1. The first kappa shape index (κ1) is 18.5. The summed E-state index contributed by atoms with van der Waals surface area (Å²) in [5.74, 6) is -0.332. The van der Waals surface area contributed by atoms with Crippen LogP contribution in [0.25, 0.3) is 11.4 Å². The number of benzene rings is 1. The Morgan fingerprint density at radius 2 is 2.08 bits per heavy atom. The summed E-state index contributed by atoms with van der Waals surface area (Å²) in [6, 6.07) is 5.01. The molecule has 0 bridgehead atoms.